The van der Waals surface area contributed by atoms with Gasteiger partial charge >= 0.3 is 6.18 Å². The molecule has 7 heteroatoms. The highest BCUT2D eigenvalue weighted by atomic mass is 19.4. The first-order chi connectivity index (χ1) is 5.89. The van der Waals surface area contributed by atoms with Crippen LogP contribution >= 0.6 is 0 Å². The van der Waals surface area contributed by atoms with Crippen molar-refractivity contribution in [2.24, 2.45) is 5.73 Å². The second-order valence-electron chi connectivity index (χ2n) is 2.39. The summed E-state index contributed by atoms with van der Waals surface area (Å²) in [5.41, 5.74) is 3.87. The first kappa shape index (κ1) is 9.56. The van der Waals surface area contributed by atoms with Crippen molar-refractivity contribution in [3.05, 3.63) is 18.0 Å². The minimum atomic E-state index is -4.43. The normalized spacial score (nSPS) is 11.6. The number of aromatic nitrogens is 2. The zero-order valence-corrected chi connectivity index (χ0v) is 6.38. The highest BCUT2D eigenvalue weighted by Gasteiger charge is 2.32. The third-order valence-electron chi connectivity index (χ3n) is 1.28. The lowest BCUT2D eigenvalue weighted by Gasteiger charge is -2.00. The molecular weight excluding hydrogens is 187 g/mol. The summed E-state index contributed by atoms with van der Waals surface area (Å²) in [4.78, 5) is 10.3. The van der Waals surface area contributed by atoms with E-state index in [1.54, 1.807) is 0 Å². The number of hydrogen-bond acceptors (Lipinski definition) is 2. The zero-order valence-electron chi connectivity index (χ0n) is 6.38. The van der Waals surface area contributed by atoms with Gasteiger partial charge in [-0.25, -0.2) is 0 Å². The van der Waals surface area contributed by atoms with Crippen LogP contribution in [-0.4, -0.2) is 15.7 Å². The fourth-order valence-corrected chi connectivity index (χ4v) is 0.756. The van der Waals surface area contributed by atoms with Crippen molar-refractivity contribution in [3.8, 4) is 0 Å². The van der Waals surface area contributed by atoms with Crippen molar-refractivity contribution in [2.75, 3.05) is 0 Å². The lowest BCUT2D eigenvalue weighted by atomic mass is 10.4. The Balaban J connectivity index is 2.81. The summed E-state index contributed by atoms with van der Waals surface area (Å²) in [6.07, 6.45) is -3.07. The van der Waals surface area contributed by atoms with E-state index in [1.165, 1.54) is 0 Å². The van der Waals surface area contributed by atoms with Crippen molar-refractivity contribution in [3.63, 3.8) is 0 Å². The molecule has 0 aliphatic carbocycles. The molecule has 1 amide bonds. The van der Waals surface area contributed by atoms with E-state index < -0.39 is 17.6 Å². The van der Waals surface area contributed by atoms with Crippen molar-refractivity contribution in [1.29, 1.82) is 0 Å². The van der Waals surface area contributed by atoms with Crippen LogP contribution in [0.2, 0.25) is 0 Å². The van der Waals surface area contributed by atoms with Crippen molar-refractivity contribution in [2.45, 2.75) is 12.7 Å². The van der Waals surface area contributed by atoms with Gasteiger partial charge in [0, 0.05) is 6.20 Å². The Morgan fingerprint density at radius 1 is 1.62 bits per heavy atom. The Labute approximate surface area is 71.1 Å². The number of halogens is 3. The van der Waals surface area contributed by atoms with Gasteiger partial charge < -0.3 is 5.73 Å². The molecule has 1 heterocycles. The van der Waals surface area contributed by atoms with Gasteiger partial charge in [-0.05, 0) is 0 Å². The molecule has 0 aromatic carbocycles. The molecule has 13 heavy (non-hydrogen) atoms. The lowest BCUT2D eigenvalue weighted by Crippen LogP contribution is -2.18. The Kier molecular flexibility index (Phi) is 2.26. The second-order valence-corrected chi connectivity index (χ2v) is 2.39. The maximum atomic E-state index is 12.0. The standard InChI is InChI=1S/C6H6F3N3O/c7-6(8,9)4-1-11-12(2-4)3-5(10)13/h1-2H,3H2,(H2,10,13). The van der Waals surface area contributed by atoms with Gasteiger partial charge in [0.2, 0.25) is 5.91 Å². The van der Waals surface area contributed by atoms with Crippen LogP contribution in [0.5, 0.6) is 0 Å². The maximum Gasteiger partial charge on any atom is 0.419 e. The molecule has 0 saturated carbocycles. The Hall–Kier alpha value is -1.53. The van der Waals surface area contributed by atoms with Gasteiger partial charge in [-0.15, -0.1) is 0 Å². The summed E-state index contributed by atoms with van der Waals surface area (Å²) in [6, 6.07) is 0. The molecule has 0 aliphatic heterocycles. The van der Waals surface area contributed by atoms with Crippen LogP contribution in [0.4, 0.5) is 13.2 Å². The molecule has 0 atom stereocenters. The van der Waals surface area contributed by atoms with Crippen LogP contribution in [0.1, 0.15) is 5.56 Å². The van der Waals surface area contributed by atoms with Gasteiger partial charge in [0.25, 0.3) is 0 Å². The van der Waals surface area contributed by atoms with Crippen LogP contribution in [-0.2, 0) is 17.5 Å². The molecule has 4 nitrogen and oxygen atoms in total. The average molecular weight is 193 g/mol. The third kappa shape index (κ3) is 2.46. The number of alkyl halides is 3. The van der Waals surface area contributed by atoms with Gasteiger partial charge in [-0.2, -0.15) is 18.3 Å². The predicted molar refractivity (Wildman–Crippen MR) is 36.4 cm³/mol. The maximum absolute atomic E-state index is 12.0. The molecule has 0 saturated heterocycles. The summed E-state index contributed by atoms with van der Waals surface area (Å²) < 4.78 is 36.7. The highest BCUT2D eigenvalue weighted by Crippen LogP contribution is 2.28. The minimum absolute atomic E-state index is 0.351. The first-order valence-corrected chi connectivity index (χ1v) is 3.27. The number of amides is 1. The van der Waals surface area contributed by atoms with E-state index in [0.717, 1.165) is 10.9 Å². The molecule has 0 bridgehead atoms. The number of carbonyl (C=O) groups is 1. The number of carbonyl (C=O) groups excluding carboxylic acids is 1. The topological polar surface area (TPSA) is 60.9 Å². The van der Waals surface area contributed by atoms with Gasteiger partial charge in [-0.1, -0.05) is 0 Å². The van der Waals surface area contributed by atoms with Crippen LogP contribution in [0.15, 0.2) is 12.4 Å². The smallest absolute Gasteiger partial charge is 0.368 e. The van der Waals surface area contributed by atoms with Crippen molar-refractivity contribution >= 4 is 5.91 Å². The first-order valence-electron chi connectivity index (χ1n) is 3.27. The van der Waals surface area contributed by atoms with Crippen LogP contribution < -0.4 is 5.73 Å². The monoisotopic (exact) mass is 193 g/mol. The highest BCUT2D eigenvalue weighted by molar-refractivity contribution is 5.73. The van der Waals surface area contributed by atoms with Crippen LogP contribution in [0.3, 0.4) is 0 Å². The van der Waals surface area contributed by atoms with Crippen molar-refractivity contribution < 1.29 is 18.0 Å². The quantitative estimate of drug-likeness (QED) is 0.738. The van der Waals surface area contributed by atoms with E-state index in [-0.39, 0.29) is 6.54 Å². The Morgan fingerprint density at radius 3 is 2.62 bits per heavy atom. The predicted octanol–water partition coefficient (Wildman–Crippen LogP) is 0.387. The summed E-state index contributed by atoms with van der Waals surface area (Å²) >= 11 is 0. The molecule has 1 aromatic heterocycles. The Morgan fingerprint density at radius 2 is 2.23 bits per heavy atom. The SMILES string of the molecule is NC(=O)Cn1cc(C(F)(F)F)cn1. The molecular formula is C6H6F3N3O. The van der Waals surface area contributed by atoms with Crippen molar-refractivity contribution in [1.82, 2.24) is 9.78 Å². The lowest BCUT2D eigenvalue weighted by molar-refractivity contribution is -0.137. The molecule has 1 aromatic rings. The molecule has 0 unspecified atom stereocenters. The molecule has 2 N–H and O–H groups in total. The molecule has 1 rings (SSSR count). The van der Waals surface area contributed by atoms with E-state index in [1.807, 2.05) is 0 Å². The van der Waals surface area contributed by atoms with E-state index in [4.69, 9.17) is 5.73 Å². The van der Waals surface area contributed by atoms with E-state index in [0.29, 0.717) is 6.20 Å². The Bertz CT molecular complexity index is 317. The number of nitrogens with zero attached hydrogens (tertiary/aromatic N) is 2. The number of hydrogen-bond donors (Lipinski definition) is 1. The fourth-order valence-electron chi connectivity index (χ4n) is 0.756. The van der Waals surface area contributed by atoms with E-state index in [9.17, 15) is 18.0 Å². The largest absolute Gasteiger partial charge is 0.419 e. The number of primary amides is 1. The summed E-state index contributed by atoms with van der Waals surface area (Å²) in [5.74, 6) is -0.739. The van der Waals surface area contributed by atoms with E-state index in [2.05, 4.69) is 5.10 Å². The number of nitrogens with two attached hydrogens (primary N) is 1. The summed E-state index contributed by atoms with van der Waals surface area (Å²) in [7, 11) is 0. The third-order valence-corrected chi connectivity index (χ3v) is 1.28. The molecule has 0 spiro atoms. The summed E-state index contributed by atoms with van der Waals surface area (Å²) in [5, 5.41) is 3.32. The molecule has 0 radical (unpaired) electrons. The average Bonchev–Trinajstić information content (AvgIpc) is 2.32. The van der Waals surface area contributed by atoms with Gasteiger partial charge in [-0.3, -0.25) is 9.48 Å². The van der Waals surface area contributed by atoms with Gasteiger partial charge in [0.15, 0.2) is 0 Å². The number of rotatable bonds is 2. The molecule has 72 valence electrons. The second kappa shape index (κ2) is 3.08. The molecule has 0 aliphatic rings. The van der Waals surface area contributed by atoms with Crippen LogP contribution in [0, 0.1) is 0 Å². The van der Waals surface area contributed by atoms with E-state index >= 15 is 0 Å². The van der Waals surface area contributed by atoms with Crippen LogP contribution in [0.25, 0.3) is 0 Å². The van der Waals surface area contributed by atoms with Gasteiger partial charge in [0.1, 0.15) is 6.54 Å². The minimum Gasteiger partial charge on any atom is -0.368 e. The zero-order chi connectivity index (χ0) is 10.1. The van der Waals surface area contributed by atoms with Gasteiger partial charge in [0.05, 0.1) is 11.8 Å². The summed E-state index contributed by atoms with van der Waals surface area (Å²) in [6.45, 7) is -0.351. The molecule has 0 fully saturated rings. The fraction of sp³-hybridized carbons (Fsp3) is 0.333.